The molecule has 0 unspecified atom stereocenters. The second-order valence-corrected chi connectivity index (χ2v) is 4.05. The molecule has 0 rings (SSSR count). The Hall–Kier alpha value is -1.15. The van der Waals surface area contributed by atoms with Gasteiger partial charge in [-0.25, -0.2) is 0 Å². The van der Waals surface area contributed by atoms with E-state index < -0.39 is 40.1 Å². The summed E-state index contributed by atoms with van der Waals surface area (Å²) in [6.45, 7) is 0. The molecule has 0 aromatic carbocycles. The molecule has 0 aliphatic heterocycles. The Labute approximate surface area is 80.1 Å². The number of hydrogen-bond acceptors (Lipinski definition) is 4. The number of carboxylic acids is 2. The molecular formula is C6H9O7S. The van der Waals surface area contributed by atoms with Crippen molar-refractivity contribution in [3.05, 3.63) is 5.92 Å². The van der Waals surface area contributed by atoms with Gasteiger partial charge in [0.2, 0.25) is 0 Å². The summed E-state index contributed by atoms with van der Waals surface area (Å²) in [5, 5.41) is 16.7. The molecule has 7 nitrogen and oxygen atoms in total. The standard InChI is InChI=1S/C6H9O7S/c7-5(8)4(6(9)10)2-1-3-14(11,12)13/h1-3H2,(H,7,8)(H,9,10)(H,11,12,13). The summed E-state index contributed by atoms with van der Waals surface area (Å²) < 4.78 is 28.7. The van der Waals surface area contributed by atoms with Crippen LogP contribution < -0.4 is 0 Å². The highest BCUT2D eigenvalue weighted by Crippen LogP contribution is 2.10. The van der Waals surface area contributed by atoms with Gasteiger partial charge < -0.3 is 10.2 Å². The molecule has 0 bridgehead atoms. The van der Waals surface area contributed by atoms with Crippen molar-refractivity contribution in [1.82, 2.24) is 0 Å². The van der Waals surface area contributed by atoms with Crippen LogP contribution in [-0.2, 0) is 19.7 Å². The van der Waals surface area contributed by atoms with Crippen LogP contribution in [0.3, 0.4) is 0 Å². The van der Waals surface area contributed by atoms with E-state index in [1.165, 1.54) is 0 Å². The van der Waals surface area contributed by atoms with E-state index >= 15 is 0 Å². The summed E-state index contributed by atoms with van der Waals surface area (Å²) in [6, 6.07) is 0. The monoisotopic (exact) mass is 225 g/mol. The van der Waals surface area contributed by atoms with Gasteiger partial charge in [-0.2, -0.15) is 8.42 Å². The average Bonchev–Trinajstić information content (AvgIpc) is 1.94. The highest BCUT2D eigenvalue weighted by molar-refractivity contribution is 7.85. The summed E-state index contributed by atoms with van der Waals surface area (Å²) in [6.07, 6.45) is -0.656. The van der Waals surface area contributed by atoms with Crippen LogP contribution in [0.5, 0.6) is 0 Å². The van der Waals surface area contributed by atoms with E-state index in [2.05, 4.69) is 0 Å². The first-order chi connectivity index (χ1) is 6.24. The highest BCUT2D eigenvalue weighted by atomic mass is 32.2. The van der Waals surface area contributed by atoms with Crippen LogP contribution in [0.4, 0.5) is 0 Å². The zero-order chi connectivity index (χ0) is 11.4. The summed E-state index contributed by atoms with van der Waals surface area (Å²) in [5.74, 6) is -4.66. The molecule has 0 aliphatic carbocycles. The predicted molar refractivity (Wildman–Crippen MR) is 44.2 cm³/mol. The lowest BCUT2D eigenvalue weighted by Gasteiger charge is -2.04. The first-order valence-corrected chi connectivity index (χ1v) is 5.12. The molecule has 0 saturated heterocycles. The van der Waals surface area contributed by atoms with Crippen molar-refractivity contribution in [3.8, 4) is 0 Å². The quantitative estimate of drug-likeness (QED) is 0.406. The fourth-order valence-corrected chi connectivity index (χ4v) is 1.25. The lowest BCUT2D eigenvalue weighted by Crippen LogP contribution is -2.21. The Balaban J connectivity index is 4.09. The zero-order valence-corrected chi connectivity index (χ0v) is 7.82. The molecule has 1 radical (unpaired) electrons. The topological polar surface area (TPSA) is 129 Å². The molecule has 3 N–H and O–H groups in total. The van der Waals surface area contributed by atoms with Gasteiger partial charge in [-0.1, -0.05) is 0 Å². The molecule has 0 aliphatic rings. The molecule has 0 amide bonds. The third-order valence-corrected chi connectivity index (χ3v) is 2.15. The number of hydrogen-bond donors (Lipinski definition) is 3. The van der Waals surface area contributed by atoms with Crippen LogP contribution in [0.2, 0.25) is 0 Å². The summed E-state index contributed by atoms with van der Waals surface area (Å²) in [7, 11) is -4.17. The lowest BCUT2D eigenvalue weighted by molar-refractivity contribution is -0.144. The second kappa shape index (κ2) is 4.91. The fraction of sp³-hybridized carbons (Fsp3) is 0.500. The third-order valence-electron chi connectivity index (χ3n) is 1.35. The normalized spacial score (nSPS) is 11.6. The van der Waals surface area contributed by atoms with E-state index in [4.69, 9.17) is 14.8 Å². The number of aliphatic carboxylic acids is 2. The molecule has 0 aromatic heterocycles. The Morgan fingerprint density at radius 2 is 1.50 bits per heavy atom. The number of carboxylic acid groups (broad SMARTS) is 2. The largest absolute Gasteiger partial charge is 0.480 e. The van der Waals surface area contributed by atoms with Crippen molar-refractivity contribution in [2.75, 3.05) is 5.75 Å². The van der Waals surface area contributed by atoms with Crippen LogP contribution in [0.25, 0.3) is 0 Å². The number of carbonyl (C=O) groups is 2. The van der Waals surface area contributed by atoms with Crippen LogP contribution in [0.15, 0.2) is 0 Å². The molecule has 81 valence electrons. The van der Waals surface area contributed by atoms with Crippen molar-refractivity contribution in [2.24, 2.45) is 0 Å². The maximum atomic E-state index is 10.3. The molecule has 0 aromatic rings. The van der Waals surface area contributed by atoms with Gasteiger partial charge in [0.05, 0.1) is 5.75 Å². The van der Waals surface area contributed by atoms with E-state index in [0.29, 0.717) is 0 Å². The van der Waals surface area contributed by atoms with Crippen molar-refractivity contribution in [1.29, 1.82) is 0 Å². The van der Waals surface area contributed by atoms with E-state index in [-0.39, 0.29) is 6.42 Å². The van der Waals surface area contributed by atoms with Gasteiger partial charge in [0, 0.05) is 0 Å². The Kier molecular flexibility index (Phi) is 4.51. The maximum Gasteiger partial charge on any atom is 0.322 e. The molecule has 0 saturated carbocycles. The van der Waals surface area contributed by atoms with E-state index in [9.17, 15) is 18.0 Å². The van der Waals surface area contributed by atoms with Crippen molar-refractivity contribution >= 4 is 22.1 Å². The van der Waals surface area contributed by atoms with Crippen molar-refractivity contribution < 1.29 is 32.8 Å². The first-order valence-electron chi connectivity index (χ1n) is 3.51. The van der Waals surface area contributed by atoms with Crippen molar-refractivity contribution in [3.63, 3.8) is 0 Å². The van der Waals surface area contributed by atoms with E-state index in [0.717, 1.165) is 0 Å². The zero-order valence-electron chi connectivity index (χ0n) is 7.00. The molecule has 8 heteroatoms. The second-order valence-electron chi connectivity index (χ2n) is 2.48. The maximum absolute atomic E-state index is 10.3. The molecule has 14 heavy (non-hydrogen) atoms. The summed E-state index contributed by atoms with van der Waals surface area (Å²) in [5.41, 5.74) is 0. The summed E-state index contributed by atoms with van der Waals surface area (Å²) >= 11 is 0. The molecule has 0 spiro atoms. The van der Waals surface area contributed by atoms with E-state index in [1.807, 2.05) is 0 Å². The van der Waals surface area contributed by atoms with Crippen LogP contribution >= 0.6 is 0 Å². The molecule has 0 heterocycles. The van der Waals surface area contributed by atoms with Gasteiger partial charge in [-0.15, -0.1) is 0 Å². The highest BCUT2D eigenvalue weighted by Gasteiger charge is 2.26. The van der Waals surface area contributed by atoms with Crippen molar-refractivity contribution in [2.45, 2.75) is 12.8 Å². The summed E-state index contributed by atoms with van der Waals surface area (Å²) in [4.78, 5) is 20.5. The molecular weight excluding hydrogens is 216 g/mol. The van der Waals surface area contributed by atoms with E-state index in [1.54, 1.807) is 0 Å². The molecule has 0 atom stereocenters. The Bertz CT molecular complexity index is 303. The minimum absolute atomic E-state index is 0.243. The Morgan fingerprint density at radius 3 is 1.79 bits per heavy atom. The smallest absolute Gasteiger partial charge is 0.322 e. The van der Waals surface area contributed by atoms with Crippen LogP contribution in [0.1, 0.15) is 12.8 Å². The van der Waals surface area contributed by atoms with Gasteiger partial charge in [0.15, 0.2) is 5.92 Å². The van der Waals surface area contributed by atoms with Gasteiger partial charge in [-0.3, -0.25) is 14.1 Å². The fourth-order valence-electron chi connectivity index (χ4n) is 0.737. The van der Waals surface area contributed by atoms with Gasteiger partial charge in [0.1, 0.15) is 0 Å². The van der Waals surface area contributed by atoms with Gasteiger partial charge >= 0.3 is 11.9 Å². The molecule has 0 fully saturated rings. The SMILES string of the molecule is O=C(O)[C](CCCS(=O)(=O)O)C(=O)O. The van der Waals surface area contributed by atoms with Crippen LogP contribution in [-0.4, -0.2) is 40.9 Å². The number of rotatable bonds is 6. The lowest BCUT2D eigenvalue weighted by atomic mass is 10.1. The van der Waals surface area contributed by atoms with Gasteiger partial charge in [-0.05, 0) is 12.8 Å². The minimum atomic E-state index is -4.17. The van der Waals surface area contributed by atoms with Crippen LogP contribution in [0, 0.1) is 5.92 Å². The average molecular weight is 225 g/mol. The third kappa shape index (κ3) is 5.49. The predicted octanol–water partition coefficient (Wildman–Crippen LogP) is -0.602. The first kappa shape index (κ1) is 12.8. The van der Waals surface area contributed by atoms with Gasteiger partial charge in [0.25, 0.3) is 10.1 Å². The minimum Gasteiger partial charge on any atom is -0.480 e. The Morgan fingerprint density at radius 1 is 1.07 bits per heavy atom.